The fraction of sp³-hybridized carbons (Fsp3) is 0.647. The molecule has 0 atom stereocenters. The molecule has 3 nitrogen and oxygen atoms in total. The highest BCUT2D eigenvalue weighted by Gasteiger charge is 1.96. The van der Waals surface area contributed by atoms with E-state index in [0.717, 1.165) is 31.9 Å². The molecule has 1 N–H and O–H groups in total. The fourth-order valence-electron chi connectivity index (χ4n) is 1.95. The quantitative estimate of drug-likeness (QED) is 0.629. The molecule has 0 saturated heterocycles. The van der Waals surface area contributed by atoms with E-state index >= 15 is 0 Å². The van der Waals surface area contributed by atoms with Crippen molar-refractivity contribution in [3.63, 3.8) is 0 Å². The van der Waals surface area contributed by atoms with Gasteiger partial charge in [-0.3, -0.25) is 0 Å². The smallest absolute Gasteiger partial charge is 0.119 e. The summed E-state index contributed by atoms with van der Waals surface area (Å²) in [5, 5.41) is 3.49. The van der Waals surface area contributed by atoms with Crippen LogP contribution in [0.4, 0.5) is 0 Å². The topological polar surface area (TPSA) is 24.5 Å². The van der Waals surface area contributed by atoms with Crippen molar-refractivity contribution in [3.8, 4) is 5.75 Å². The van der Waals surface area contributed by atoms with Gasteiger partial charge in [-0.2, -0.15) is 0 Å². The highest BCUT2D eigenvalue weighted by Crippen LogP contribution is 2.12. The summed E-state index contributed by atoms with van der Waals surface area (Å²) in [4.78, 5) is 2.23. The lowest BCUT2D eigenvalue weighted by atomic mass is 10.2. The minimum Gasteiger partial charge on any atom is -0.494 e. The SMILES string of the molecule is CCCCOc1ccc(CNCCCCN(C)C)cc1. The molecule has 0 aliphatic heterocycles. The molecule has 0 heterocycles. The third-order valence-electron chi connectivity index (χ3n) is 3.23. The second-order valence-corrected chi connectivity index (χ2v) is 5.53. The largest absolute Gasteiger partial charge is 0.494 e. The molecule has 1 aromatic carbocycles. The Bertz CT molecular complexity index is 335. The predicted octanol–water partition coefficient (Wildman–Crippen LogP) is 3.30. The molecule has 3 heteroatoms. The van der Waals surface area contributed by atoms with E-state index in [4.69, 9.17) is 4.74 Å². The van der Waals surface area contributed by atoms with Crippen molar-refractivity contribution >= 4 is 0 Å². The number of nitrogens with zero attached hydrogens (tertiary/aromatic N) is 1. The van der Waals surface area contributed by atoms with Crippen LogP contribution in [0.2, 0.25) is 0 Å². The molecule has 1 rings (SSSR count). The lowest BCUT2D eigenvalue weighted by molar-refractivity contribution is 0.309. The highest BCUT2D eigenvalue weighted by atomic mass is 16.5. The van der Waals surface area contributed by atoms with E-state index < -0.39 is 0 Å². The maximum Gasteiger partial charge on any atom is 0.119 e. The second kappa shape index (κ2) is 10.7. The summed E-state index contributed by atoms with van der Waals surface area (Å²) in [6.45, 7) is 6.20. The number of hydrogen-bond acceptors (Lipinski definition) is 3. The zero-order valence-electron chi connectivity index (χ0n) is 13.3. The van der Waals surface area contributed by atoms with Crippen molar-refractivity contribution in [2.45, 2.75) is 39.2 Å². The van der Waals surface area contributed by atoms with Crippen LogP contribution in [0.1, 0.15) is 38.2 Å². The molecule has 0 spiro atoms. The molecule has 0 bridgehead atoms. The Morgan fingerprint density at radius 3 is 2.45 bits per heavy atom. The Morgan fingerprint density at radius 1 is 1.05 bits per heavy atom. The van der Waals surface area contributed by atoms with Crippen LogP contribution in [0.5, 0.6) is 5.75 Å². The monoisotopic (exact) mass is 278 g/mol. The molecular formula is C17H30N2O. The lowest BCUT2D eigenvalue weighted by Gasteiger charge is -2.10. The Hall–Kier alpha value is -1.06. The Kier molecular flexibility index (Phi) is 9.09. The fourth-order valence-corrected chi connectivity index (χ4v) is 1.95. The van der Waals surface area contributed by atoms with E-state index in [-0.39, 0.29) is 0 Å². The summed E-state index contributed by atoms with van der Waals surface area (Å²) in [6.07, 6.45) is 4.78. The van der Waals surface area contributed by atoms with Gasteiger partial charge in [0.1, 0.15) is 5.75 Å². The predicted molar refractivity (Wildman–Crippen MR) is 86.3 cm³/mol. The molecule has 0 amide bonds. The summed E-state index contributed by atoms with van der Waals surface area (Å²) in [5.74, 6) is 0.980. The summed E-state index contributed by atoms with van der Waals surface area (Å²) < 4.78 is 5.66. The first-order valence-corrected chi connectivity index (χ1v) is 7.79. The molecule has 0 aliphatic carbocycles. The van der Waals surface area contributed by atoms with Gasteiger partial charge in [-0.15, -0.1) is 0 Å². The van der Waals surface area contributed by atoms with Crippen LogP contribution < -0.4 is 10.1 Å². The summed E-state index contributed by atoms with van der Waals surface area (Å²) in [7, 11) is 4.25. The zero-order chi connectivity index (χ0) is 14.6. The Morgan fingerprint density at radius 2 is 1.80 bits per heavy atom. The molecule has 0 unspecified atom stereocenters. The van der Waals surface area contributed by atoms with Crippen LogP contribution >= 0.6 is 0 Å². The summed E-state index contributed by atoms with van der Waals surface area (Å²) in [5.41, 5.74) is 1.32. The standard InChI is InChI=1S/C17H30N2O/c1-4-5-14-20-17-10-8-16(9-11-17)15-18-12-6-7-13-19(2)3/h8-11,18H,4-7,12-15H2,1-3H3. The van der Waals surface area contributed by atoms with Gasteiger partial charge in [-0.05, 0) is 64.1 Å². The van der Waals surface area contributed by atoms with Gasteiger partial charge in [0.25, 0.3) is 0 Å². The van der Waals surface area contributed by atoms with Crippen LogP contribution in [0, 0.1) is 0 Å². The molecule has 114 valence electrons. The average Bonchev–Trinajstić information content (AvgIpc) is 2.44. The van der Waals surface area contributed by atoms with E-state index in [9.17, 15) is 0 Å². The number of unbranched alkanes of at least 4 members (excludes halogenated alkanes) is 2. The summed E-state index contributed by atoms with van der Waals surface area (Å²) in [6, 6.07) is 8.43. The van der Waals surface area contributed by atoms with Gasteiger partial charge in [-0.25, -0.2) is 0 Å². The van der Waals surface area contributed by atoms with Gasteiger partial charge in [0.15, 0.2) is 0 Å². The average molecular weight is 278 g/mol. The van der Waals surface area contributed by atoms with Gasteiger partial charge in [-0.1, -0.05) is 25.5 Å². The normalized spacial score (nSPS) is 11.0. The van der Waals surface area contributed by atoms with Crippen LogP contribution in [-0.2, 0) is 6.54 Å². The third-order valence-corrected chi connectivity index (χ3v) is 3.23. The molecule has 0 saturated carbocycles. The zero-order valence-corrected chi connectivity index (χ0v) is 13.3. The van der Waals surface area contributed by atoms with Gasteiger partial charge in [0.2, 0.25) is 0 Å². The molecule has 0 fully saturated rings. The maximum absolute atomic E-state index is 5.66. The first kappa shape index (κ1) is 17.0. The minimum absolute atomic E-state index is 0.819. The van der Waals surface area contributed by atoms with Crippen molar-refractivity contribution in [2.24, 2.45) is 0 Å². The molecule has 0 aromatic heterocycles. The van der Waals surface area contributed by atoms with E-state index in [2.05, 4.69) is 55.5 Å². The number of rotatable bonds is 11. The molecule has 20 heavy (non-hydrogen) atoms. The van der Waals surface area contributed by atoms with Gasteiger partial charge in [0, 0.05) is 6.54 Å². The van der Waals surface area contributed by atoms with Crippen molar-refractivity contribution in [1.82, 2.24) is 10.2 Å². The van der Waals surface area contributed by atoms with Crippen molar-refractivity contribution in [1.29, 1.82) is 0 Å². The Labute approximate surface area is 124 Å². The van der Waals surface area contributed by atoms with Gasteiger partial charge < -0.3 is 15.0 Å². The van der Waals surface area contributed by atoms with E-state index in [1.165, 1.54) is 31.4 Å². The van der Waals surface area contributed by atoms with Crippen LogP contribution in [0.15, 0.2) is 24.3 Å². The number of nitrogens with one attached hydrogen (secondary N) is 1. The molecular weight excluding hydrogens is 248 g/mol. The van der Waals surface area contributed by atoms with E-state index in [0.29, 0.717) is 0 Å². The lowest BCUT2D eigenvalue weighted by Crippen LogP contribution is -2.18. The van der Waals surface area contributed by atoms with E-state index in [1.807, 2.05) is 0 Å². The molecule has 0 radical (unpaired) electrons. The van der Waals surface area contributed by atoms with Crippen LogP contribution in [0.3, 0.4) is 0 Å². The van der Waals surface area contributed by atoms with Gasteiger partial charge in [0.05, 0.1) is 6.61 Å². The minimum atomic E-state index is 0.819. The Balaban J connectivity index is 2.11. The van der Waals surface area contributed by atoms with Crippen LogP contribution in [-0.4, -0.2) is 38.7 Å². The van der Waals surface area contributed by atoms with Gasteiger partial charge >= 0.3 is 0 Å². The highest BCUT2D eigenvalue weighted by molar-refractivity contribution is 5.27. The number of hydrogen-bond donors (Lipinski definition) is 1. The molecule has 0 aliphatic rings. The van der Waals surface area contributed by atoms with E-state index in [1.54, 1.807) is 0 Å². The number of benzene rings is 1. The maximum atomic E-state index is 5.66. The molecule has 1 aromatic rings. The first-order chi connectivity index (χ1) is 9.72. The van der Waals surface area contributed by atoms with Crippen molar-refractivity contribution in [2.75, 3.05) is 33.8 Å². The first-order valence-electron chi connectivity index (χ1n) is 7.79. The summed E-state index contributed by atoms with van der Waals surface area (Å²) >= 11 is 0. The van der Waals surface area contributed by atoms with Crippen molar-refractivity contribution in [3.05, 3.63) is 29.8 Å². The number of ether oxygens (including phenoxy) is 1. The van der Waals surface area contributed by atoms with Crippen molar-refractivity contribution < 1.29 is 4.74 Å². The van der Waals surface area contributed by atoms with Crippen LogP contribution in [0.25, 0.3) is 0 Å². The second-order valence-electron chi connectivity index (χ2n) is 5.53. The third kappa shape index (κ3) is 8.18.